The predicted octanol–water partition coefficient (Wildman–Crippen LogP) is 5.00. The lowest BCUT2D eigenvalue weighted by atomic mass is 10.0. The third-order valence-electron chi connectivity index (χ3n) is 5.56. The molecule has 1 aliphatic heterocycles. The molecule has 2 aromatic heterocycles. The van der Waals surface area contributed by atoms with Crippen LogP contribution < -0.4 is 4.74 Å². The van der Waals surface area contributed by atoms with Gasteiger partial charge in [-0.05, 0) is 73.0 Å². The lowest BCUT2D eigenvalue weighted by Crippen LogP contribution is -2.49. The lowest BCUT2D eigenvalue weighted by Gasteiger charge is -2.37. The summed E-state index contributed by atoms with van der Waals surface area (Å²) in [6.07, 6.45) is 0.784. The maximum atomic E-state index is 13.4. The van der Waals surface area contributed by atoms with Crippen LogP contribution in [0.3, 0.4) is 0 Å². The summed E-state index contributed by atoms with van der Waals surface area (Å²) >= 11 is 3.06. The summed E-state index contributed by atoms with van der Waals surface area (Å²) in [5, 5.41) is 3.89. The normalized spacial score (nSPS) is 15.5. The van der Waals surface area contributed by atoms with Crippen molar-refractivity contribution in [3.63, 3.8) is 0 Å². The second kappa shape index (κ2) is 9.83. The van der Waals surface area contributed by atoms with Crippen molar-refractivity contribution in [3.8, 4) is 5.75 Å². The molecule has 8 heteroatoms. The molecule has 0 saturated carbocycles. The van der Waals surface area contributed by atoms with E-state index >= 15 is 0 Å². The molecule has 1 atom stereocenters. The van der Waals surface area contributed by atoms with Crippen LogP contribution in [0, 0.1) is 5.82 Å². The van der Waals surface area contributed by atoms with Crippen molar-refractivity contribution in [3.05, 3.63) is 74.4 Å². The quantitative estimate of drug-likeness (QED) is 0.486. The van der Waals surface area contributed by atoms with E-state index in [2.05, 4.69) is 0 Å². The highest BCUT2D eigenvalue weighted by Gasteiger charge is 2.34. The number of ether oxygens (including phenoxy) is 1. The molecule has 3 heterocycles. The maximum Gasteiger partial charge on any atom is 0.264 e. The Morgan fingerprint density at radius 1 is 1.16 bits per heavy atom. The van der Waals surface area contributed by atoms with Crippen molar-refractivity contribution >= 4 is 34.5 Å². The minimum Gasteiger partial charge on any atom is -0.491 e. The number of hydrogen-bond donors (Lipinski definition) is 0. The third kappa shape index (κ3) is 4.86. The largest absolute Gasteiger partial charge is 0.491 e. The maximum absolute atomic E-state index is 13.4. The van der Waals surface area contributed by atoms with Crippen molar-refractivity contribution < 1.29 is 18.7 Å². The lowest BCUT2D eigenvalue weighted by molar-refractivity contribution is -0.136. The van der Waals surface area contributed by atoms with Gasteiger partial charge in [0.25, 0.3) is 5.91 Å². The first kappa shape index (κ1) is 22.5. The minimum atomic E-state index is -0.323. The van der Waals surface area contributed by atoms with E-state index in [1.54, 1.807) is 34.4 Å². The summed E-state index contributed by atoms with van der Waals surface area (Å²) in [4.78, 5) is 31.7. The van der Waals surface area contributed by atoms with Gasteiger partial charge >= 0.3 is 0 Å². The van der Waals surface area contributed by atoms with Crippen LogP contribution in [0.2, 0.25) is 0 Å². The van der Waals surface area contributed by atoms with Gasteiger partial charge in [-0.15, -0.1) is 22.7 Å². The Kier molecular flexibility index (Phi) is 6.91. The van der Waals surface area contributed by atoms with Crippen molar-refractivity contribution in [2.75, 3.05) is 19.7 Å². The standard InChI is InChI=1S/C24H25FN2O3S2/c1-16(2)27(24(29)22-4-3-12-31-22)14-23(28)26-11-9-21-19(10-13-32-21)20(26)15-30-18-7-5-17(25)6-8-18/h3-8,10,12-13,16,20H,9,11,14-15H2,1-2H3/t20-/m0/s1. The molecule has 4 rings (SSSR count). The molecule has 3 aromatic rings. The Labute approximate surface area is 195 Å². The Morgan fingerprint density at radius 2 is 1.94 bits per heavy atom. The van der Waals surface area contributed by atoms with Crippen LogP contribution in [0.25, 0.3) is 0 Å². The smallest absolute Gasteiger partial charge is 0.264 e. The van der Waals surface area contributed by atoms with Gasteiger partial charge in [0.1, 0.15) is 24.7 Å². The molecule has 1 aliphatic rings. The minimum absolute atomic E-state index is 0.0148. The molecule has 0 saturated heterocycles. The molecular weight excluding hydrogens is 447 g/mol. The van der Waals surface area contributed by atoms with Crippen molar-refractivity contribution in [2.24, 2.45) is 0 Å². The van der Waals surface area contributed by atoms with Gasteiger partial charge in [-0.2, -0.15) is 0 Å². The second-order valence-electron chi connectivity index (χ2n) is 7.92. The highest BCUT2D eigenvalue weighted by molar-refractivity contribution is 7.12. The number of benzene rings is 1. The van der Waals surface area contributed by atoms with Crippen LogP contribution >= 0.6 is 22.7 Å². The first-order valence-corrected chi connectivity index (χ1v) is 12.3. The molecule has 5 nitrogen and oxygen atoms in total. The average molecular weight is 473 g/mol. The Morgan fingerprint density at radius 3 is 2.62 bits per heavy atom. The summed E-state index contributed by atoms with van der Waals surface area (Å²) in [6, 6.07) is 11.2. The molecule has 168 valence electrons. The first-order chi connectivity index (χ1) is 15.4. The van der Waals surface area contributed by atoms with Gasteiger partial charge in [0.05, 0.1) is 10.9 Å². The topological polar surface area (TPSA) is 49.9 Å². The number of hydrogen-bond acceptors (Lipinski definition) is 5. The van der Waals surface area contributed by atoms with Gasteiger partial charge in [-0.3, -0.25) is 9.59 Å². The molecule has 0 radical (unpaired) electrons. The number of amides is 2. The van der Waals surface area contributed by atoms with Crippen LogP contribution in [0.15, 0.2) is 53.2 Å². The fourth-order valence-electron chi connectivity index (χ4n) is 3.85. The van der Waals surface area contributed by atoms with Crippen LogP contribution in [0.1, 0.15) is 40.0 Å². The fraction of sp³-hybridized carbons (Fsp3) is 0.333. The highest BCUT2D eigenvalue weighted by Crippen LogP contribution is 2.34. The first-order valence-electron chi connectivity index (χ1n) is 10.5. The van der Waals surface area contributed by atoms with Crippen molar-refractivity contribution in [1.82, 2.24) is 9.80 Å². The van der Waals surface area contributed by atoms with Gasteiger partial charge in [0.2, 0.25) is 5.91 Å². The molecular formula is C24H25FN2O3S2. The summed E-state index contributed by atoms with van der Waals surface area (Å²) in [6.45, 7) is 4.69. The summed E-state index contributed by atoms with van der Waals surface area (Å²) in [7, 11) is 0. The number of nitrogens with zero attached hydrogens (tertiary/aromatic N) is 2. The molecule has 32 heavy (non-hydrogen) atoms. The van der Waals surface area contributed by atoms with Crippen molar-refractivity contribution in [2.45, 2.75) is 32.4 Å². The van der Waals surface area contributed by atoms with E-state index in [9.17, 15) is 14.0 Å². The van der Waals surface area contributed by atoms with E-state index < -0.39 is 0 Å². The van der Waals surface area contributed by atoms with Gasteiger partial charge in [-0.25, -0.2) is 4.39 Å². The monoisotopic (exact) mass is 472 g/mol. The molecule has 0 spiro atoms. The fourth-order valence-corrected chi connectivity index (χ4v) is 5.45. The van der Waals surface area contributed by atoms with Gasteiger partial charge < -0.3 is 14.5 Å². The summed E-state index contributed by atoms with van der Waals surface area (Å²) in [5.74, 6) is -0.00202. The molecule has 0 aliphatic carbocycles. The number of carbonyl (C=O) groups is 2. The third-order valence-corrected chi connectivity index (χ3v) is 7.41. The zero-order valence-electron chi connectivity index (χ0n) is 18.0. The Balaban J connectivity index is 1.52. The molecule has 1 aromatic carbocycles. The van der Waals surface area contributed by atoms with Gasteiger partial charge in [-0.1, -0.05) is 6.07 Å². The molecule has 0 N–H and O–H groups in total. The number of halogens is 1. The molecule has 0 fully saturated rings. The molecule has 0 unspecified atom stereocenters. The zero-order chi connectivity index (χ0) is 22.7. The van der Waals surface area contributed by atoms with Crippen LogP contribution in [-0.2, 0) is 11.2 Å². The second-order valence-corrected chi connectivity index (χ2v) is 9.87. The SMILES string of the molecule is CC(C)N(CC(=O)N1CCc2sccc2[C@@H]1COc1ccc(F)cc1)C(=O)c1cccs1. The summed E-state index contributed by atoms with van der Waals surface area (Å²) < 4.78 is 19.2. The van der Waals surface area contributed by atoms with E-state index in [1.807, 2.05) is 41.6 Å². The summed E-state index contributed by atoms with van der Waals surface area (Å²) in [5.41, 5.74) is 1.08. The van der Waals surface area contributed by atoms with E-state index in [0.29, 0.717) is 17.2 Å². The van der Waals surface area contributed by atoms with E-state index in [-0.39, 0.29) is 42.9 Å². The van der Waals surface area contributed by atoms with Gasteiger partial charge in [0.15, 0.2) is 0 Å². The Bertz CT molecular complexity index is 1060. The van der Waals surface area contributed by atoms with Crippen molar-refractivity contribution in [1.29, 1.82) is 0 Å². The number of fused-ring (bicyclic) bond motifs is 1. The van der Waals surface area contributed by atoms with Crippen LogP contribution in [-0.4, -0.2) is 47.4 Å². The average Bonchev–Trinajstić information content (AvgIpc) is 3.48. The number of thiophene rings is 2. The zero-order valence-corrected chi connectivity index (χ0v) is 19.6. The van der Waals surface area contributed by atoms with E-state index in [4.69, 9.17) is 4.74 Å². The van der Waals surface area contributed by atoms with Gasteiger partial charge in [0, 0.05) is 17.5 Å². The number of carbonyl (C=O) groups excluding carboxylic acids is 2. The number of rotatable bonds is 7. The highest BCUT2D eigenvalue weighted by atomic mass is 32.1. The predicted molar refractivity (Wildman–Crippen MR) is 125 cm³/mol. The molecule has 0 bridgehead atoms. The van der Waals surface area contributed by atoms with E-state index in [1.165, 1.54) is 28.3 Å². The van der Waals surface area contributed by atoms with Crippen LogP contribution in [0.5, 0.6) is 5.75 Å². The molecule has 2 amide bonds. The Hall–Kier alpha value is -2.71. The van der Waals surface area contributed by atoms with E-state index in [0.717, 1.165) is 12.0 Å². The van der Waals surface area contributed by atoms with Crippen LogP contribution in [0.4, 0.5) is 4.39 Å².